The molecule has 3 aliphatic rings. The van der Waals surface area contributed by atoms with E-state index in [1.165, 1.54) is 14.2 Å². The molecule has 0 aromatic heterocycles. The van der Waals surface area contributed by atoms with Gasteiger partial charge < -0.3 is 30.6 Å². The van der Waals surface area contributed by atoms with Crippen molar-refractivity contribution in [3.05, 3.63) is 0 Å². The summed E-state index contributed by atoms with van der Waals surface area (Å²) in [5.74, 6) is -0.777. The van der Waals surface area contributed by atoms with Crippen molar-refractivity contribution in [1.82, 2.24) is 10.6 Å². The molecule has 0 radical (unpaired) electrons. The van der Waals surface area contributed by atoms with Crippen LogP contribution in [0.5, 0.6) is 0 Å². The molecule has 2 aliphatic carbocycles. The summed E-state index contributed by atoms with van der Waals surface area (Å²) in [6.07, 6.45) is 0.589. The zero-order valence-corrected chi connectivity index (χ0v) is 17.2. The Bertz CT molecular complexity index is 679. The first kappa shape index (κ1) is 21.2. The number of amides is 2. The third kappa shape index (κ3) is 3.56. The summed E-state index contributed by atoms with van der Waals surface area (Å²) in [7, 11) is 2.93. The minimum atomic E-state index is -1.14. The van der Waals surface area contributed by atoms with E-state index in [2.05, 4.69) is 10.6 Å². The number of nitrogens with one attached hydrogen (secondary N) is 2. The lowest BCUT2D eigenvalue weighted by Gasteiger charge is -2.26. The highest BCUT2D eigenvalue weighted by Crippen LogP contribution is 2.53. The first-order chi connectivity index (χ1) is 13.0. The van der Waals surface area contributed by atoms with E-state index in [1.807, 2.05) is 13.8 Å². The van der Waals surface area contributed by atoms with E-state index in [1.54, 1.807) is 6.92 Å². The van der Waals surface area contributed by atoms with Crippen LogP contribution in [0.2, 0.25) is 0 Å². The van der Waals surface area contributed by atoms with Gasteiger partial charge in [0.1, 0.15) is 22.7 Å². The predicted molar refractivity (Wildman–Crippen MR) is 99.3 cm³/mol. The van der Waals surface area contributed by atoms with Gasteiger partial charge >= 0.3 is 0 Å². The molecule has 0 bridgehead atoms. The summed E-state index contributed by atoms with van der Waals surface area (Å²) in [4.78, 5) is 38.5. The Morgan fingerprint density at radius 2 is 1.89 bits per heavy atom. The third-order valence-corrected chi connectivity index (χ3v) is 6.23. The second-order valence-corrected chi connectivity index (χ2v) is 8.81. The highest BCUT2D eigenvalue weighted by atomic mass is 16.6. The smallest absolute Gasteiger partial charge is 0.245 e. The van der Waals surface area contributed by atoms with Crippen LogP contribution < -0.4 is 16.4 Å². The molecule has 0 aromatic rings. The van der Waals surface area contributed by atoms with Crippen LogP contribution in [0.4, 0.5) is 0 Å². The van der Waals surface area contributed by atoms with Crippen LogP contribution in [0.15, 0.2) is 0 Å². The van der Waals surface area contributed by atoms with Gasteiger partial charge in [-0.05, 0) is 25.2 Å². The van der Waals surface area contributed by atoms with E-state index >= 15 is 0 Å². The molecule has 9 nitrogen and oxygen atoms in total. The number of ketones is 1. The van der Waals surface area contributed by atoms with E-state index < -0.39 is 34.5 Å². The van der Waals surface area contributed by atoms with Crippen molar-refractivity contribution in [3.8, 4) is 0 Å². The van der Waals surface area contributed by atoms with Crippen molar-refractivity contribution in [2.45, 2.75) is 62.4 Å². The lowest BCUT2D eigenvalue weighted by atomic mass is 9.92. The van der Waals surface area contributed by atoms with Gasteiger partial charge in [-0.15, -0.1) is 0 Å². The minimum absolute atomic E-state index is 0.0321. The van der Waals surface area contributed by atoms with E-state index in [-0.39, 0.29) is 30.3 Å². The number of epoxide rings is 1. The fourth-order valence-corrected chi connectivity index (χ4v) is 3.99. The number of carbonyl (C=O) groups is 3. The molecule has 158 valence electrons. The van der Waals surface area contributed by atoms with Gasteiger partial charge in [-0.1, -0.05) is 13.8 Å². The van der Waals surface area contributed by atoms with Crippen LogP contribution in [0, 0.1) is 11.8 Å². The minimum Gasteiger partial charge on any atom is -0.382 e. The molecular weight excluding hydrogens is 366 g/mol. The van der Waals surface area contributed by atoms with Gasteiger partial charge in [0.15, 0.2) is 5.78 Å². The molecule has 1 heterocycles. The zero-order chi connectivity index (χ0) is 20.9. The van der Waals surface area contributed by atoms with Crippen LogP contribution in [-0.2, 0) is 28.6 Å². The molecule has 0 spiro atoms. The second kappa shape index (κ2) is 7.05. The highest BCUT2D eigenvalue weighted by molar-refractivity contribution is 6.04. The summed E-state index contributed by atoms with van der Waals surface area (Å²) in [6, 6.07) is -0.956. The molecule has 3 rings (SSSR count). The standard InChI is InChI=1S/C19H31N3O6/c1-10(2)11-6-19(11,15(24)17(3)9-28-17)22-14(23)12(8-26-4)21-16(25)18(20)7-13(18)27-5/h10-13H,6-9,20H2,1-5H3,(H,21,25)(H,22,23)/t11?,12-,13?,17?,18?,19?/m0/s1. The summed E-state index contributed by atoms with van der Waals surface area (Å²) in [5.41, 5.74) is 3.10. The van der Waals surface area contributed by atoms with Crippen molar-refractivity contribution in [3.63, 3.8) is 0 Å². The zero-order valence-electron chi connectivity index (χ0n) is 17.2. The van der Waals surface area contributed by atoms with Crippen LogP contribution in [-0.4, -0.2) is 73.9 Å². The van der Waals surface area contributed by atoms with Crippen molar-refractivity contribution >= 4 is 17.6 Å². The molecule has 0 aromatic carbocycles. The topological polar surface area (TPSA) is 132 Å². The molecule has 1 saturated heterocycles. The average molecular weight is 397 g/mol. The van der Waals surface area contributed by atoms with Gasteiger partial charge in [0, 0.05) is 20.6 Å². The van der Waals surface area contributed by atoms with E-state index in [9.17, 15) is 14.4 Å². The summed E-state index contributed by atoms with van der Waals surface area (Å²) >= 11 is 0. The van der Waals surface area contributed by atoms with Gasteiger partial charge in [-0.3, -0.25) is 14.4 Å². The number of carbonyl (C=O) groups excluding carboxylic acids is 3. The number of hydrogen-bond acceptors (Lipinski definition) is 7. The Morgan fingerprint density at radius 1 is 1.25 bits per heavy atom. The maximum Gasteiger partial charge on any atom is 0.245 e. The quantitative estimate of drug-likeness (QED) is 0.408. The number of ether oxygens (including phenoxy) is 3. The number of rotatable bonds is 10. The van der Waals surface area contributed by atoms with Crippen LogP contribution in [0.3, 0.4) is 0 Å². The normalized spacial score (nSPS) is 39.2. The molecule has 1 aliphatic heterocycles. The maximum atomic E-state index is 13.0. The van der Waals surface area contributed by atoms with Crippen LogP contribution >= 0.6 is 0 Å². The molecule has 28 heavy (non-hydrogen) atoms. The number of hydrogen-bond donors (Lipinski definition) is 3. The molecule has 3 fully saturated rings. The fourth-order valence-electron chi connectivity index (χ4n) is 3.99. The van der Waals surface area contributed by atoms with Gasteiger partial charge in [-0.2, -0.15) is 0 Å². The highest BCUT2D eigenvalue weighted by Gasteiger charge is 2.68. The Labute approximate surface area is 165 Å². The first-order valence-electron chi connectivity index (χ1n) is 9.66. The van der Waals surface area contributed by atoms with Gasteiger partial charge in [-0.25, -0.2) is 0 Å². The van der Waals surface area contributed by atoms with E-state index in [0.717, 1.165) is 0 Å². The van der Waals surface area contributed by atoms with E-state index in [0.29, 0.717) is 19.4 Å². The summed E-state index contributed by atoms with van der Waals surface area (Å²) in [5, 5.41) is 5.55. The molecule has 2 amide bonds. The monoisotopic (exact) mass is 397 g/mol. The van der Waals surface area contributed by atoms with E-state index in [4.69, 9.17) is 19.9 Å². The Morgan fingerprint density at radius 3 is 2.32 bits per heavy atom. The summed E-state index contributed by atoms with van der Waals surface area (Å²) < 4.78 is 15.6. The second-order valence-electron chi connectivity index (χ2n) is 8.81. The lowest BCUT2D eigenvalue weighted by Crippen LogP contribution is -2.59. The first-order valence-corrected chi connectivity index (χ1v) is 9.66. The van der Waals surface area contributed by atoms with Crippen LogP contribution in [0.1, 0.15) is 33.6 Å². The van der Waals surface area contributed by atoms with Crippen molar-refractivity contribution in [1.29, 1.82) is 0 Å². The SMILES string of the molecule is COC[C@H](NC(=O)C1(N)CC1OC)C(=O)NC1(C(=O)C2(C)CO2)CC1C(C)C. The average Bonchev–Trinajstić information content (AvgIpc) is 3.54. The van der Waals surface area contributed by atoms with Gasteiger partial charge in [0.05, 0.1) is 19.3 Å². The third-order valence-electron chi connectivity index (χ3n) is 6.23. The number of methoxy groups -OCH3 is 2. The molecule has 2 saturated carbocycles. The Hall–Kier alpha value is -1.55. The van der Waals surface area contributed by atoms with Crippen molar-refractivity contribution in [2.75, 3.05) is 27.4 Å². The number of nitrogens with two attached hydrogens (primary N) is 1. The Kier molecular flexibility index (Phi) is 5.33. The Balaban J connectivity index is 1.70. The number of Topliss-reactive ketones (excluding diaryl/α,β-unsaturated/α-hetero) is 1. The van der Waals surface area contributed by atoms with Gasteiger partial charge in [0.2, 0.25) is 11.8 Å². The van der Waals surface area contributed by atoms with Crippen LogP contribution in [0.25, 0.3) is 0 Å². The predicted octanol–water partition coefficient (Wildman–Crippen LogP) is -0.877. The summed E-state index contributed by atoms with van der Waals surface area (Å²) in [6.45, 7) is 6.11. The lowest BCUT2D eigenvalue weighted by molar-refractivity contribution is -0.135. The molecule has 4 N–H and O–H groups in total. The van der Waals surface area contributed by atoms with Gasteiger partial charge in [0.25, 0.3) is 0 Å². The molecule has 9 heteroatoms. The molecular formula is C19H31N3O6. The molecule has 5 unspecified atom stereocenters. The largest absolute Gasteiger partial charge is 0.382 e. The molecule has 6 atom stereocenters. The fraction of sp³-hybridized carbons (Fsp3) is 0.842. The van der Waals surface area contributed by atoms with Crippen molar-refractivity contribution in [2.24, 2.45) is 17.6 Å². The van der Waals surface area contributed by atoms with Crippen molar-refractivity contribution < 1.29 is 28.6 Å². The maximum absolute atomic E-state index is 13.0.